The number of aromatic carboxylic acids is 1. The second kappa shape index (κ2) is 11.4. The van der Waals surface area contributed by atoms with E-state index in [1.165, 1.54) is 30.7 Å². The number of benzene rings is 2. The SMILES string of the molecule is CCOCCOc1ccc(F)cc1COc1cc(-n2c(=O)[nH]c3csc(C(=O)O)c3c2=O)c(F)cc1OC. The zero-order chi connectivity index (χ0) is 27.4. The van der Waals surface area contributed by atoms with Gasteiger partial charge in [0.25, 0.3) is 5.56 Å². The Bertz CT molecular complexity index is 1610. The molecule has 0 saturated heterocycles. The van der Waals surface area contributed by atoms with E-state index in [4.69, 9.17) is 18.9 Å². The van der Waals surface area contributed by atoms with Crippen molar-refractivity contribution in [3.8, 4) is 22.9 Å². The van der Waals surface area contributed by atoms with Crippen LogP contribution >= 0.6 is 11.3 Å². The van der Waals surface area contributed by atoms with Crippen LogP contribution in [0.4, 0.5) is 8.78 Å². The van der Waals surface area contributed by atoms with Crippen LogP contribution in [0.15, 0.2) is 45.3 Å². The zero-order valence-electron chi connectivity index (χ0n) is 20.2. The number of H-pyrrole nitrogens is 1. The molecule has 0 atom stereocenters. The van der Waals surface area contributed by atoms with Crippen LogP contribution in [-0.2, 0) is 11.3 Å². The predicted octanol–water partition coefficient (Wildman–Crippen LogP) is 3.72. The van der Waals surface area contributed by atoms with Crippen LogP contribution in [0, 0.1) is 11.6 Å². The fourth-order valence-electron chi connectivity index (χ4n) is 3.69. The Morgan fingerprint density at radius 1 is 1.08 bits per heavy atom. The third kappa shape index (κ3) is 5.38. The van der Waals surface area contributed by atoms with Crippen LogP contribution in [0.3, 0.4) is 0 Å². The first kappa shape index (κ1) is 26.8. The first-order chi connectivity index (χ1) is 18.2. The highest BCUT2D eigenvalue weighted by Gasteiger charge is 2.22. The number of carboxylic acid groups (broad SMARTS) is 1. The number of hydrogen-bond donors (Lipinski definition) is 2. The molecule has 38 heavy (non-hydrogen) atoms. The minimum Gasteiger partial charge on any atom is -0.493 e. The number of fused-ring (bicyclic) bond motifs is 1. The Morgan fingerprint density at radius 2 is 1.87 bits per heavy atom. The number of carboxylic acids is 1. The Hall–Kier alpha value is -4.23. The number of nitrogens with zero attached hydrogens (tertiary/aromatic N) is 1. The third-order valence-electron chi connectivity index (χ3n) is 5.42. The number of ether oxygens (including phenoxy) is 4. The molecule has 0 aliphatic rings. The molecule has 0 aliphatic heterocycles. The van der Waals surface area contributed by atoms with Gasteiger partial charge in [0, 0.05) is 29.7 Å². The Kier molecular flexibility index (Phi) is 8.08. The van der Waals surface area contributed by atoms with E-state index < -0.39 is 34.5 Å². The second-order valence-electron chi connectivity index (χ2n) is 7.77. The average molecular weight is 549 g/mol. The van der Waals surface area contributed by atoms with E-state index in [0.29, 0.717) is 29.1 Å². The Balaban J connectivity index is 1.73. The molecule has 2 aromatic heterocycles. The quantitative estimate of drug-likeness (QED) is 0.272. The monoisotopic (exact) mass is 548 g/mol. The van der Waals surface area contributed by atoms with Gasteiger partial charge in [-0.3, -0.25) is 4.79 Å². The van der Waals surface area contributed by atoms with E-state index in [1.807, 2.05) is 6.92 Å². The van der Waals surface area contributed by atoms with Gasteiger partial charge in [0.05, 0.1) is 30.3 Å². The number of nitrogens with one attached hydrogen (secondary N) is 1. The molecule has 0 bridgehead atoms. The summed E-state index contributed by atoms with van der Waals surface area (Å²) in [5, 5.41) is 10.5. The molecule has 2 heterocycles. The van der Waals surface area contributed by atoms with E-state index in [-0.39, 0.29) is 40.5 Å². The van der Waals surface area contributed by atoms with E-state index in [2.05, 4.69) is 4.98 Å². The highest BCUT2D eigenvalue weighted by atomic mass is 32.1. The molecule has 200 valence electrons. The van der Waals surface area contributed by atoms with Crippen molar-refractivity contribution < 1.29 is 37.6 Å². The van der Waals surface area contributed by atoms with Gasteiger partial charge in [-0.05, 0) is 25.1 Å². The molecule has 10 nitrogen and oxygen atoms in total. The third-order valence-corrected chi connectivity index (χ3v) is 6.38. The molecule has 4 aromatic rings. The minimum atomic E-state index is -1.37. The molecule has 0 fully saturated rings. The van der Waals surface area contributed by atoms with Gasteiger partial charge in [0.1, 0.15) is 29.7 Å². The maximum Gasteiger partial charge on any atom is 0.346 e. The smallest absolute Gasteiger partial charge is 0.346 e. The van der Waals surface area contributed by atoms with Gasteiger partial charge in [-0.1, -0.05) is 0 Å². The molecule has 0 aliphatic carbocycles. The first-order valence-corrected chi connectivity index (χ1v) is 12.1. The molecule has 0 unspecified atom stereocenters. The fraction of sp³-hybridized carbons (Fsp3) is 0.240. The van der Waals surface area contributed by atoms with Crippen molar-refractivity contribution >= 4 is 28.2 Å². The predicted molar refractivity (Wildman–Crippen MR) is 134 cm³/mol. The molecule has 0 radical (unpaired) electrons. The molecule has 0 amide bonds. The van der Waals surface area contributed by atoms with Gasteiger partial charge in [-0.25, -0.2) is 22.9 Å². The van der Waals surface area contributed by atoms with E-state index in [9.17, 15) is 23.9 Å². The van der Waals surface area contributed by atoms with Crippen molar-refractivity contribution in [3.63, 3.8) is 0 Å². The van der Waals surface area contributed by atoms with Crippen molar-refractivity contribution in [1.82, 2.24) is 9.55 Å². The molecule has 2 N–H and O–H groups in total. The van der Waals surface area contributed by atoms with Crippen LogP contribution in [0.2, 0.25) is 0 Å². The number of aromatic amines is 1. The zero-order valence-corrected chi connectivity index (χ0v) is 21.0. The standard InChI is InChI=1S/C25H22F2N2O8S/c1-3-35-6-7-36-18-5-4-14(26)8-13(18)11-37-20-10-17(15(27)9-19(20)34-2)29-23(30)21-16(28-25(29)33)12-38-22(21)24(31)32/h4-5,8-10,12H,3,6-7,11H2,1-2H3,(H,28,33)(H,31,32). The number of methoxy groups -OCH3 is 1. The topological polar surface area (TPSA) is 129 Å². The summed E-state index contributed by atoms with van der Waals surface area (Å²) in [4.78, 5) is 39.5. The largest absolute Gasteiger partial charge is 0.493 e. The Labute approximate surface area is 217 Å². The lowest BCUT2D eigenvalue weighted by Gasteiger charge is -2.16. The molecular weight excluding hydrogens is 526 g/mol. The Morgan fingerprint density at radius 3 is 2.58 bits per heavy atom. The summed E-state index contributed by atoms with van der Waals surface area (Å²) in [5.41, 5.74) is -2.15. The summed E-state index contributed by atoms with van der Waals surface area (Å²) >= 11 is 0.756. The van der Waals surface area contributed by atoms with Crippen molar-refractivity contribution in [2.75, 3.05) is 26.9 Å². The second-order valence-corrected chi connectivity index (χ2v) is 8.65. The molecule has 4 rings (SSSR count). The van der Waals surface area contributed by atoms with E-state index >= 15 is 4.39 Å². The summed E-state index contributed by atoms with van der Waals surface area (Å²) in [7, 11) is 1.27. The summed E-state index contributed by atoms with van der Waals surface area (Å²) in [6.45, 7) is 2.66. The highest BCUT2D eigenvalue weighted by molar-refractivity contribution is 7.13. The molecular formula is C25H22F2N2O8S. The van der Waals surface area contributed by atoms with E-state index in [0.717, 1.165) is 23.5 Å². The van der Waals surface area contributed by atoms with Crippen molar-refractivity contribution in [2.45, 2.75) is 13.5 Å². The van der Waals surface area contributed by atoms with Gasteiger partial charge in [-0.15, -0.1) is 11.3 Å². The number of rotatable bonds is 11. The first-order valence-electron chi connectivity index (χ1n) is 11.2. The lowest BCUT2D eigenvalue weighted by atomic mass is 10.2. The number of thiophene rings is 1. The highest BCUT2D eigenvalue weighted by Crippen LogP contribution is 2.33. The van der Waals surface area contributed by atoms with Gasteiger partial charge in [0.2, 0.25) is 0 Å². The summed E-state index contributed by atoms with van der Waals surface area (Å²) < 4.78 is 51.4. The van der Waals surface area contributed by atoms with Crippen LogP contribution in [0.5, 0.6) is 17.2 Å². The van der Waals surface area contributed by atoms with Crippen LogP contribution in [0.25, 0.3) is 16.6 Å². The molecule has 0 spiro atoms. The van der Waals surface area contributed by atoms with Crippen molar-refractivity contribution in [2.24, 2.45) is 0 Å². The molecule has 2 aromatic carbocycles. The number of hydrogen-bond acceptors (Lipinski definition) is 8. The summed E-state index contributed by atoms with van der Waals surface area (Å²) in [6.07, 6.45) is 0. The van der Waals surface area contributed by atoms with Gasteiger partial charge in [-0.2, -0.15) is 0 Å². The molecule has 13 heteroatoms. The number of carbonyl (C=O) groups is 1. The number of aromatic nitrogens is 2. The molecule has 0 saturated carbocycles. The summed E-state index contributed by atoms with van der Waals surface area (Å²) in [5.74, 6) is -2.70. The van der Waals surface area contributed by atoms with Gasteiger partial charge in [0.15, 0.2) is 17.3 Å². The number of halogens is 2. The van der Waals surface area contributed by atoms with Gasteiger partial charge < -0.3 is 29.0 Å². The lowest BCUT2D eigenvalue weighted by Crippen LogP contribution is -2.34. The maximum atomic E-state index is 15.1. The van der Waals surface area contributed by atoms with Crippen LogP contribution in [0.1, 0.15) is 22.2 Å². The van der Waals surface area contributed by atoms with Crippen LogP contribution in [-0.4, -0.2) is 47.6 Å². The fourth-order valence-corrected chi connectivity index (χ4v) is 4.52. The minimum absolute atomic E-state index is 0.0204. The van der Waals surface area contributed by atoms with Crippen molar-refractivity contribution in [3.05, 3.63) is 78.6 Å². The lowest BCUT2D eigenvalue weighted by molar-refractivity contribution is 0.0704. The van der Waals surface area contributed by atoms with Crippen LogP contribution < -0.4 is 25.5 Å². The average Bonchev–Trinajstić information content (AvgIpc) is 3.31. The van der Waals surface area contributed by atoms with E-state index in [1.54, 1.807) is 0 Å². The maximum absolute atomic E-state index is 15.1. The summed E-state index contributed by atoms with van der Waals surface area (Å²) in [6, 6.07) is 5.85. The van der Waals surface area contributed by atoms with Gasteiger partial charge >= 0.3 is 11.7 Å². The normalized spacial score (nSPS) is 11.1. The van der Waals surface area contributed by atoms with Crippen molar-refractivity contribution in [1.29, 1.82) is 0 Å².